The minimum atomic E-state index is -0.636. The van der Waals surface area contributed by atoms with E-state index < -0.39 is 6.04 Å². The van der Waals surface area contributed by atoms with Crippen LogP contribution in [0.5, 0.6) is 0 Å². The van der Waals surface area contributed by atoms with E-state index in [2.05, 4.69) is 15.3 Å². The van der Waals surface area contributed by atoms with Crippen molar-refractivity contribution < 1.29 is 9.90 Å². The van der Waals surface area contributed by atoms with Crippen LogP contribution < -0.4 is 10.2 Å². The molecule has 0 saturated heterocycles. The lowest BCUT2D eigenvalue weighted by Crippen LogP contribution is -2.54. The van der Waals surface area contributed by atoms with Crippen molar-refractivity contribution in [2.24, 2.45) is 0 Å². The van der Waals surface area contributed by atoms with E-state index in [1.165, 1.54) is 6.20 Å². The molecule has 0 aliphatic carbocycles. The number of nitrogens with one attached hydrogen (secondary N) is 1. The third-order valence-electron chi connectivity index (χ3n) is 3.39. The maximum atomic E-state index is 12.0. The minimum absolute atomic E-state index is 0.118. The van der Waals surface area contributed by atoms with Gasteiger partial charge in [-0.3, -0.25) is 4.79 Å². The zero-order valence-corrected chi connectivity index (χ0v) is 11.7. The van der Waals surface area contributed by atoms with E-state index in [1.807, 2.05) is 18.7 Å². The zero-order chi connectivity index (χ0) is 14.0. The number of nitrogens with zero attached hydrogens (tertiary/aromatic N) is 3. The van der Waals surface area contributed by atoms with Gasteiger partial charge in [0.05, 0.1) is 12.8 Å². The van der Waals surface area contributed by atoms with Crippen molar-refractivity contribution in [2.75, 3.05) is 16.8 Å². The van der Waals surface area contributed by atoms with E-state index in [0.717, 1.165) is 12.8 Å². The topological polar surface area (TPSA) is 78.4 Å². The van der Waals surface area contributed by atoms with E-state index in [-0.39, 0.29) is 23.8 Å². The molecule has 0 spiro atoms. The van der Waals surface area contributed by atoms with Crippen LogP contribution in [-0.4, -0.2) is 39.7 Å². The van der Waals surface area contributed by atoms with Crippen LogP contribution in [0.2, 0.25) is 5.28 Å². The van der Waals surface area contributed by atoms with E-state index in [1.54, 1.807) is 0 Å². The van der Waals surface area contributed by atoms with E-state index in [0.29, 0.717) is 11.5 Å². The number of carbonyl (C=O) groups is 1. The summed E-state index contributed by atoms with van der Waals surface area (Å²) in [5.74, 6) is 0.333. The molecule has 1 aromatic rings. The van der Waals surface area contributed by atoms with Gasteiger partial charge in [-0.25, -0.2) is 4.98 Å². The molecule has 0 radical (unpaired) electrons. The number of aliphatic hydroxyl groups is 1. The molecular formula is C12H17ClN4O2. The van der Waals surface area contributed by atoms with E-state index in [4.69, 9.17) is 11.6 Å². The standard InChI is InChI=1S/C12H17ClN4O2/c1-3-7(4-2)17-9(6-18)11(19)15-8-5-14-12(13)16-10(8)17/h5,7,9,18H,3-4,6H2,1-2H3,(H,15,19). The first kappa shape index (κ1) is 14.0. The Morgan fingerprint density at radius 2 is 2.21 bits per heavy atom. The Balaban J connectivity index is 2.51. The summed E-state index contributed by atoms with van der Waals surface area (Å²) in [6.07, 6.45) is 3.19. The quantitative estimate of drug-likeness (QED) is 0.818. The van der Waals surface area contributed by atoms with Crippen LogP contribution >= 0.6 is 11.6 Å². The monoisotopic (exact) mass is 284 g/mol. The lowest BCUT2D eigenvalue weighted by molar-refractivity contribution is -0.118. The molecule has 1 aliphatic heterocycles. The third kappa shape index (κ3) is 2.50. The summed E-state index contributed by atoms with van der Waals surface area (Å²) in [5, 5.41) is 12.3. The van der Waals surface area contributed by atoms with Crippen molar-refractivity contribution in [2.45, 2.75) is 38.8 Å². The Bertz CT molecular complexity index is 479. The van der Waals surface area contributed by atoms with Gasteiger partial charge in [0.25, 0.3) is 0 Å². The van der Waals surface area contributed by atoms with Crippen molar-refractivity contribution >= 4 is 29.0 Å². The third-order valence-corrected chi connectivity index (χ3v) is 3.57. The number of amides is 1. The molecule has 1 atom stereocenters. The Labute approximate surface area is 116 Å². The highest BCUT2D eigenvalue weighted by Crippen LogP contribution is 2.33. The van der Waals surface area contributed by atoms with Gasteiger partial charge in [-0.2, -0.15) is 4.98 Å². The van der Waals surface area contributed by atoms with Gasteiger partial charge in [-0.1, -0.05) is 13.8 Å². The maximum absolute atomic E-state index is 12.0. The molecule has 104 valence electrons. The van der Waals surface area contributed by atoms with E-state index >= 15 is 0 Å². The lowest BCUT2D eigenvalue weighted by atomic mass is 10.0. The highest BCUT2D eigenvalue weighted by atomic mass is 35.5. The second-order valence-electron chi connectivity index (χ2n) is 4.44. The van der Waals surface area contributed by atoms with Crippen molar-refractivity contribution in [3.63, 3.8) is 0 Å². The highest BCUT2D eigenvalue weighted by Gasteiger charge is 2.37. The maximum Gasteiger partial charge on any atom is 0.249 e. The summed E-state index contributed by atoms with van der Waals surface area (Å²) >= 11 is 5.84. The smallest absolute Gasteiger partial charge is 0.249 e. The summed E-state index contributed by atoms with van der Waals surface area (Å²) in [6, 6.07) is -0.517. The molecule has 1 amide bonds. The molecule has 6 nitrogen and oxygen atoms in total. The number of anilines is 2. The molecule has 0 bridgehead atoms. The summed E-state index contributed by atoms with van der Waals surface area (Å²) in [7, 11) is 0. The first-order chi connectivity index (χ1) is 9.12. The Morgan fingerprint density at radius 3 is 2.79 bits per heavy atom. The van der Waals surface area contributed by atoms with Crippen molar-refractivity contribution in [3.8, 4) is 0 Å². The number of aromatic nitrogens is 2. The molecule has 2 rings (SSSR count). The van der Waals surface area contributed by atoms with Gasteiger partial charge in [-0.15, -0.1) is 0 Å². The van der Waals surface area contributed by atoms with Gasteiger partial charge in [0, 0.05) is 6.04 Å². The number of aliphatic hydroxyl groups excluding tert-OH is 1. The average molecular weight is 285 g/mol. The first-order valence-electron chi connectivity index (χ1n) is 6.34. The molecule has 0 aromatic carbocycles. The number of rotatable bonds is 4. The predicted molar refractivity (Wildman–Crippen MR) is 73.4 cm³/mol. The van der Waals surface area contributed by atoms with E-state index in [9.17, 15) is 9.90 Å². The Morgan fingerprint density at radius 1 is 1.53 bits per heavy atom. The lowest BCUT2D eigenvalue weighted by Gasteiger charge is -2.40. The molecule has 7 heteroatoms. The number of fused-ring (bicyclic) bond motifs is 1. The molecule has 2 heterocycles. The fourth-order valence-corrected chi connectivity index (χ4v) is 2.54. The molecule has 1 aliphatic rings. The van der Waals surface area contributed by atoms with Gasteiger partial charge in [-0.05, 0) is 24.4 Å². The highest BCUT2D eigenvalue weighted by molar-refractivity contribution is 6.28. The van der Waals surface area contributed by atoms with Crippen molar-refractivity contribution in [3.05, 3.63) is 11.5 Å². The van der Waals surface area contributed by atoms with Gasteiger partial charge < -0.3 is 15.3 Å². The summed E-state index contributed by atoms with van der Waals surface area (Å²) in [6.45, 7) is 3.82. The van der Waals surface area contributed by atoms with Crippen LogP contribution in [0.15, 0.2) is 6.20 Å². The number of hydrogen-bond donors (Lipinski definition) is 2. The van der Waals surface area contributed by atoms with Crippen LogP contribution in [0.1, 0.15) is 26.7 Å². The summed E-state index contributed by atoms with van der Waals surface area (Å²) < 4.78 is 0. The molecule has 2 N–H and O–H groups in total. The number of carbonyl (C=O) groups excluding carboxylic acids is 1. The second-order valence-corrected chi connectivity index (χ2v) is 4.78. The second kappa shape index (κ2) is 5.71. The molecular weight excluding hydrogens is 268 g/mol. The zero-order valence-electron chi connectivity index (χ0n) is 10.9. The van der Waals surface area contributed by atoms with Crippen LogP contribution in [0, 0.1) is 0 Å². The largest absolute Gasteiger partial charge is 0.394 e. The van der Waals surface area contributed by atoms with Crippen molar-refractivity contribution in [1.82, 2.24) is 9.97 Å². The number of halogens is 1. The van der Waals surface area contributed by atoms with Gasteiger partial charge in [0.2, 0.25) is 11.2 Å². The fourth-order valence-electron chi connectivity index (χ4n) is 2.41. The SMILES string of the molecule is CCC(CC)N1c2nc(Cl)ncc2NC(=O)C1CO. The Kier molecular flexibility index (Phi) is 4.21. The summed E-state index contributed by atoms with van der Waals surface area (Å²) in [4.78, 5) is 21.9. The Hall–Kier alpha value is -1.40. The van der Waals surface area contributed by atoms with Crippen LogP contribution in [-0.2, 0) is 4.79 Å². The molecule has 0 saturated carbocycles. The van der Waals surface area contributed by atoms with Crippen molar-refractivity contribution in [1.29, 1.82) is 0 Å². The van der Waals surface area contributed by atoms with Gasteiger partial charge in [0.15, 0.2) is 5.82 Å². The van der Waals surface area contributed by atoms with Crippen LogP contribution in [0.3, 0.4) is 0 Å². The number of hydrogen-bond acceptors (Lipinski definition) is 5. The predicted octanol–water partition coefficient (Wildman–Crippen LogP) is 1.44. The van der Waals surface area contributed by atoms with Crippen LogP contribution in [0.25, 0.3) is 0 Å². The normalized spacial score (nSPS) is 18.5. The van der Waals surface area contributed by atoms with Gasteiger partial charge >= 0.3 is 0 Å². The first-order valence-corrected chi connectivity index (χ1v) is 6.72. The molecule has 1 aromatic heterocycles. The molecule has 19 heavy (non-hydrogen) atoms. The van der Waals surface area contributed by atoms with Gasteiger partial charge in [0.1, 0.15) is 11.7 Å². The fraction of sp³-hybridized carbons (Fsp3) is 0.583. The minimum Gasteiger partial charge on any atom is -0.394 e. The molecule has 0 fully saturated rings. The van der Waals surface area contributed by atoms with Crippen LogP contribution in [0.4, 0.5) is 11.5 Å². The average Bonchev–Trinajstić information content (AvgIpc) is 2.40. The summed E-state index contributed by atoms with van der Waals surface area (Å²) in [5.41, 5.74) is 0.533. The molecule has 1 unspecified atom stereocenters.